The molecule has 42 heavy (non-hydrogen) atoms. The number of halogens is 13. The third-order valence-electron chi connectivity index (χ3n) is 5.85. The number of rotatable bonds is 5. The van der Waals surface area contributed by atoms with E-state index >= 15 is 4.39 Å². The number of hydrogen-bond acceptors (Lipinski definition) is 2. The molecule has 0 aromatic heterocycles. The van der Waals surface area contributed by atoms with Crippen molar-refractivity contribution < 1.29 is 62.3 Å². The van der Waals surface area contributed by atoms with E-state index in [0.29, 0.717) is 4.90 Å². The maximum absolute atomic E-state index is 15.4. The molecule has 0 aliphatic heterocycles. The summed E-state index contributed by atoms with van der Waals surface area (Å²) in [4.78, 5) is 26.3. The first-order chi connectivity index (χ1) is 19.1. The molecule has 0 aliphatic rings. The van der Waals surface area contributed by atoms with Crippen LogP contribution in [0.1, 0.15) is 31.8 Å². The maximum atomic E-state index is 15.4. The molecular formula is C25H13F12IN2O2. The molecule has 0 saturated carbocycles. The molecule has 0 atom stereocenters. The van der Waals surface area contributed by atoms with Crippen LogP contribution in [0.3, 0.4) is 0 Å². The first kappa shape index (κ1) is 33.0. The molecule has 0 saturated heterocycles. The summed E-state index contributed by atoms with van der Waals surface area (Å²) in [6.45, 7) is 0. The van der Waals surface area contributed by atoms with Crippen LogP contribution in [0.15, 0.2) is 60.7 Å². The summed E-state index contributed by atoms with van der Waals surface area (Å²) in [5.74, 6) is -5.14. The summed E-state index contributed by atoms with van der Waals surface area (Å²) < 4.78 is 164. The highest BCUT2D eigenvalue weighted by Gasteiger charge is 2.73. The molecule has 0 radical (unpaired) electrons. The SMILES string of the molecule is CN(C(=O)c1ccccc1F)c1cccc(C(=O)N(I)c2ccc(C(F)(C(F)(F)F)C(F)(F)F)cc2C(F)(F)F)c1F. The molecule has 0 bridgehead atoms. The van der Waals surface area contributed by atoms with Crippen molar-refractivity contribution in [3.05, 3.63) is 94.6 Å². The fraction of sp³-hybridized carbons (Fsp3) is 0.200. The molecule has 0 aliphatic carbocycles. The Labute approximate surface area is 242 Å². The molecule has 0 N–H and O–H groups in total. The zero-order valence-electron chi connectivity index (χ0n) is 20.4. The Morgan fingerprint density at radius 3 is 1.76 bits per heavy atom. The molecule has 3 rings (SSSR count). The summed E-state index contributed by atoms with van der Waals surface area (Å²) in [5.41, 5.74) is -14.4. The monoisotopic (exact) mass is 728 g/mol. The van der Waals surface area contributed by atoms with Crippen LogP contribution in [-0.4, -0.2) is 31.2 Å². The molecule has 0 fully saturated rings. The first-order valence-corrected chi connectivity index (χ1v) is 12.0. The second-order valence-corrected chi connectivity index (χ2v) is 9.42. The van der Waals surface area contributed by atoms with Crippen LogP contribution < -0.4 is 8.01 Å². The lowest BCUT2D eigenvalue weighted by molar-refractivity contribution is -0.348. The summed E-state index contributed by atoms with van der Waals surface area (Å²) in [6.07, 6.45) is -19.2. The molecule has 0 unspecified atom stereocenters. The predicted octanol–water partition coefficient (Wildman–Crippen LogP) is 8.55. The van der Waals surface area contributed by atoms with Crippen LogP contribution in [-0.2, 0) is 11.8 Å². The molecule has 0 spiro atoms. The maximum Gasteiger partial charge on any atom is 0.435 e. The Kier molecular flexibility index (Phi) is 8.87. The van der Waals surface area contributed by atoms with Gasteiger partial charge >= 0.3 is 24.2 Å². The summed E-state index contributed by atoms with van der Waals surface area (Å²) >= 11 is 0.889. The van der Waals surface area contributed by atoms with Gasteiger partial charge in [-0.25, -0.2) is 16.3 Å². The Bertz CT molecular complexity index is 1500. The van der Waals surface area contributed by atoms with Crippen LogP contribution in [0, 0.1) is 11.6 Å². The van der Waals surface area contributed by atoms with Crippen molar-refractivity contribution >= 4 is 46.1 Å². The summed E-state index contributed by atoms with van der Waals surface area (Å²) in [6, 6.07) is 6.30. The van der Waals surface area contributed by atoms with Gasteiger partial charge in [0.15, 0.2) is 5.82 Å². The van der Waals surface area contributed by atoms with Crippen LogP contribution in [0.5, 0.6) is 0 Å². The quantitative estimate of drug-likeness (QED) is 0.150. The second kappa shape index (κ2) is 11.3. The predicted molar refractivity (Wildman–Crippen MR) is 133 cm³/mol. The summed E-state index contributed by atoms with van der Waals surface area (Å²) in [7, 11) is 0.994. The molecule has 3 aromatic rings. The van der Waals surface area contributed by atoms with Crippen molar-refractivity contribution in [1.82, 2.24) is 0 Å². The summed E-state index contributed by atoms with van der Waals surface area (Å²) in [5, 5.41) is 0. The van der Waals surface area contributed by atoms with E-state index in [1.54, 1.807) is 0 Å². The largest absolute Gasteiger partial charge is 0.435 e. The Morgan fingerprint density at radius 2 is 1.24 bits per heavy atom. The molecule has 17 heteroatoms. The minimum absolute atomic E-state index is 0.0100. The van der Waals surface area contributed by atoms with Gasteiger partial charge in [-0.1, -0.05) is 24.3 Å². The third-order valence-corrected chi connectivity index (χ3v) is 6.81. The van der Waals surface area contributed by atoms with Gasteiger partial charge in [0.1, 0.15) is 5.82 Å². The van der Waals surface area contributed by atoms with Gasteiger partial charge in [-0.15, -0.1) is 0 Å². The number of anilines is 2. The minimum Gasteiger partial charge on any atom is -0.309 e. The van der Waals surface area contributed by atoms with Gasteiger partial charge in [-0.2, -0.15) is 39.5 Å². The smallest absolute Gasteiger partial charge is 0.309 e. The molecule has 3 aromatic carbocycles. The zero-order chi connectivity index (χ0) is 32.0. The van der Waals surface area contributed by atoms with Crippen LogP contribution in [0.4, 0.5) is 64.1 Å². The van der Waals surface area contributed by atoms with E-state index < -0.39 is 87.3 Å². The first-order valence-electron chi connectivity index (χ1n) is 11.0. The van der Waals surface area contributed by atoms with E-state index in [0.717, 1.165) is 60.2 Å². The third kappa shape index (κ3) is 5.87. The van der Waals surface area contributed by atoms with Crippen molar-refractivity contribution in [1.29, 1.82) is 0 Å². The number of benzene rings is 3. The van der Waals surface area contributed by atoms with E-state index in [1.807, 2.05) is 0 Å². The Hall–Kier alpha value is -3.51. The lowest BCUT2D eigenvalue weighted by Gasteiger charge is -2.31. The van der Waals surface area contributed by atoms with Gasteiger partial charge in [0.25, 0.3) is 11.8 Å². The van der Waals surface area contributed by atoms with Gasteiger partial charge in [-0.3, -0.25) is 9.59 Å². The van der Waals surface area contributed by atoms with E-state index in [1.165, 1.54) is 12.1 Å². The van der Waals surface area contributed by atoms with Gasteiger partial charge in [0.05, 0.1) is 50.9 Å². The van der Waals surface area contributed by atoms with Crippen LogP contribution >= 0.6 is 22.9 Å². The molecule has 226 valence electrons. The Balaban J connectivity index is 2.09. The zero-order valence-corrected chi connectivity index (χ0v) is 22.6. The van der Waals surface area contributed by atoms with Gasteiger partial charge in [0, 0.05) is 12.6 Å². The van der Waals surface area contributed by atoms with Crippen molar-refractivity contribution in [2.75, 3.05) is 15.1 Å². The number of carbonyl (C=O) groups excluding carboxylic acids is 2. The van der Waals surface area contributed by atoms with Gasteiger partial charge < -0.3 is 4.90 Å². The molecular weight excluding hydrogens is 715 g/mol. The Morgan fingerprint density at radius 1 is 0.690 bits per heavy atom. The average molecular weight is 728 g/mol. The number of hydrogen-bond donors (Lipinski definition) is 0. The van der Waals surface area contributed by atoms with E-state index in [4.69, 9.17) is 0 Å². The van der Waals surface area contributed by atoms with Gasteiger partial charge in [0.2, 0.25) is 0 Å². The van der Waals surface area contributed by atoms with E-state index in [9.17, 15) is 57.9 Å². The van der Waals surface area contributed by atoms with Crippen LogP contribution in [0.2, 0.25) is 0 Å². The van der Waals surface area contributed by atoms with Crippen LogP contribution in [0.25, 0.3) is 0 Å². The van der Waals surface area contributed by atoms with Crippen molar-refractivity contribution in [2.24, 2.45) is 0 Å². The van der Waals surface area contributed by atoms with Crippen molar-refractivity contribution in [3.63, 3.8) is 0 Å². The number of amides is 2. The topological polar surface area (TPSA) is 40.6 Å². The number of alkyl halides is 10. The fourth-order valence-electron chi connectivity index (χ4n) is 3.72. The fourth-order valence-corrected chi connectivity index (χ4v) is 4.40. The normalized spacial score (nSPS) is 12.7. The van der Waals surface area contributed by atoms with E-state index in [-0.39, 0.29) is 15.2 Å². The second-order valence-electron chi connectivity index (χ2n) is 8.45. The number of carbonyl (C=O) groups is 2. The average Bonchev–Trinajstić information content (AvgIpc) is 2.89. The van der Waals surface area contributed by atoms with Crippen molar-refractivity contribution in [2.45, 2.75) is 24.2 Å². The number of nitrogens with zero attached hydrogens (tertiary/aromatic N) is 2. The van der Waals surface area contributed by atoms with E-state index in [2.05, 4.69) is 0 Å². The van der Waals surface area contributed by atoms with Crippen molar-refractivity contribution in [3.8, 4) is 0 Å². The molecule has 0 heterocycles. The van der Waals surface area contributed by atoms with Gasteiger partial charge in [-0.05, 0) is 36.4 Å². The highest BCUT2D eigenvalue weighted by molar-refractivity contribution is 14.1. The minimum atomic E-state index is -6.72. The lowest BCUT2D eigenvalue weighted by atomic mass is 9.92. The molecule has 4 nitrogen and oxygen atoms in total. The molecule has 2 amide bonds. The lowest BCUT2D eigenvalue weighted by Crippen LogP contribution is -2.50. The standard InChI is InChI=1S/C25H13F12IN2O2/c1-39(20(41)13-5-2-3-7-16(13)26)18-8-4-6-14(19(18)27)21(42)40(38)17-10-9-12(11-15(17)23(29,30)31)22(28,24(32,33)34)25(35,36)37/h2-11H,1H3. The highest BCUT2D eigenvalue weighted by Crippen LogP contribution is 2.54. The highest BCUT2D eigenvalue weighted by atomic mass is 127.